The molecule has 1 unspecified atom stereocenters. The van der Waals surface area contributed by atoms with E-state index in [2.05, 4.69) is 5.32 Å². The van der Waals surface area contributed by atoms with Crippen LogP contribution >= 0.6 is 23.2 Å². The van der Waals surface area contributed by atoms with Crippen LogP contribution in [0.2, 0.25) is 10.0 Å². The van der Waals surface area contributed by atoms with Crippen LogP contribution in [0.15, 0.2) is 18.2 Å². The van der Waals surface area contributed by atoms with Crippen LogP contribution < -0.4 is 5.32 Å². The first-order chi connectivity index (χ1) is 8.56. The van der Waals surface area contributed by atoms with Gasteiger partial charge in [-0.15, -0.1) is 0 Å². The van der Waals surface area contributed by atoms with E-state index in [1.54, 1.807) is 18.2 Å². The normalized spacial score (nSPS) is 12.2. The van der Waals surface area contributed by atoms with Gasteiger partial charge in [-0.3, -0.25) is 4.79 Å². The molecule has 0 aliphatic carbocycles. The van der Waals surface area contributed by atoms with Gasteiger partial charge in [0.25, 0.3) is 5.91 Å². The lowest BCUT2D eigenvalue weighted by molar-refractivity contribution is 0.0952. The average Bonchev–Trinajstić information content (AvgIpc) is 2.37. The molecule has 0 heterocycles. The molecule has 1 amide bonds. The number of carbonyl (C=O) groups excluding carboxylic acids is 1. The quantitative estimate of drug-likeness (QED) is 0.791. The third kappa shape index (κ3) is 4.48. The molecule has 0 spiro atoms. The second-order valence-electron chi connectivity index (χ2n) is 4.29. The number of halogens is 2. The van der Waals surface area contributed by atoms with Crippen molar-refractivity contribution in [2.75, 3.05) is 13.2 Å². The minimum absolute atomic E-state index is 0.175. The third-order valence-electron chi connectivity index (χ3n) is 2.67. The summed E-state index contributed by atoms with van der Waals surface area (Å²) in [5, 5.41) is 12.3. The summed E-state index contributed by atoms with van der Waals surface area (Å²) in [5.41, 5.74) is 0.388. The highest BCUT2D eigenvalue weighted by atomic mass is 35.5. The predicted octanol–water partition coefficient (Wildman–Crippen LogP) is 3.13. The summed E-state index contributed by atoms with van der Waals surface area (Å²) in [5.74, 6) is 0.0378. The summed E-state index contributed by atoms with van der Waals surface area (Å²) in [4.78, 5) is 11.8. The van der Waals surface area contributed by atoms with Crippen molar-refractivity contribution in [1.82, 2.24) is 5.32 Å². The van der Waals surface area contributed by atoms with Gasteiger partial charge in [0.1, 0.15) is 0 Å². The van der Waals surface area contributed by atoms with Crippen molar-refractivity contribution in [3.63, 3.8) is 0 Å². The highest BCUT2D eigenvalue weighted by Crippen LogP contribution is 2.25. The van der Waals surface area contributed by atoms with Crippen LogP contribution in [-0.4, -0.2) is 24.2 Å². The van der Waals surface area contributed by atoms with Crippen molar-refractivity contribution in [3.8, 4) is 0 Å². The van der Waals surface area contributed by atoms with E-state index < -0.39 is 0 Å². The van der Waals surface area contributed by atoms with Crippen LogP contribution in [0.25, 0.3) is 0 Å². The third-order valence-corrected chi connectivity index (χ3v) is 3.49. The minimum atomic E-state index is -0.223. The number of hydrogen-bond acceptors (Lipinski definition) is 2. The molecule has 3 nitrogen and oxygen atoms in total. The highest BCUT2D eigenvalue weighted by molar-refractivity contribution is 6.43. The van der Waals surface area contributed by atoms with Gasteiger partial charge in [-0.05, 0) is 30.9 Å². The lowest BCUT2D eigenvalue weighted by Crippen LogP contribution is -2.25. The molecule has 0 saturated heterocycles. The summed E-state index contributed by atoms with van der Waals surface area (Å²) < 4.78 is 0. The number of rotatable bonds is 6. The van der Waals surface area contributed by atoms with Crippen LogP contribution in [-0.2, 0) is 0 Å². The molecule has 0 aliphatic heterocycles. The monoisotopic (exact) mass is 289 g/mol. The van der Waals surface area contributed by atoms with Gasteiger partial charge in [0, 0.05) is 13.2 Å². The maximum atomic E-state index is 11.8. The van der Waals surface area contributed by atoms with Crippen LogP contribution in [0.5, 0.6) is 0 Å². The fourth-order valence-electron chi connectivity index (χ4n) is 1.52. The maximum absolute atomic E-state index is 11.8. The van der Waals surface area contributed by atoms with Crippen molar-refractivity contribution >= 4 is 29.1 Å². The zero-order chi connectivity index (χ0) is 13.5. The Morgan fingerprint density at radius 3 is 2.83 bits per heavy atom. The van der Waals surface area contributed by atoms with Crippen LogP contribution in [0, 0.1) is 5.92 Å². The molecule has 0 bridgehead atoms. The molecular formula is C13H17Cl2NO2. The molecular weight excluding hydrogens is 273 g/mol. The molecule has 1 rings (SSSR count). The van der Waals surface area contributed by atoms with Gasteiger partial charge in [-0.2, -0.15) is 0 Å². The van der Waals surface area contributed by atoms with Gasteiger partial charge >= 0.3 is 0 Å². The van der Waals surface area contributed by atoms with Gasteiger partial charge in [-0.25, -0.2) is 0 Å². The summed E-state index contributed by atoms with van der Waals surface area (Å²) in [6, 6.07) is 4.97. The van der Waals surface area contributed by atoms with E-state index in [0.717, 1.165) is 12.8 Å². The Kier molecular flexibility index (Phi) is 6.47. The molecule has 100 valence electrons. The van der Waals surface area contributed by atoms with E-state index in [1.807, 2.05) is 6.92 Å². The fraction of sp³-hybridized carbons (Fsp3) is 0.462. The molecule has 5 heteroatoms. The van der Waals surface area contributed by atoms with E-state index >= 15 is 0 Å². The molecule has 1 aromatic rings. The SMILES string of the molecule is CC(CO)CCCNC(=O)c1cccc(Cl)c1Cl. The zero-order valence-corrected chi connectivity index (χ0v) is 11.8. The van der Waals surface area contributed by atoms with Crippen molar-refractivity contribution in [2.24, 2.45) is 5.92 Å². The Labute approximate surface area is 117 Å². The lowest BCUT2D eigenvalue weighted by Gasteiger charge is -2.09. The van der Waals surface area contributed by atoms with E-state index in [9.17, 15) is 4.79 Å². The summed E-state index contributed by atoms with van der Waals surface area (Å²) in [7, 11) is 0. The van der Waals surface area contributed by atoms with Crippen LogP contribution in [0.3, 0.4) is 0 Å². The van der Waals surface area contributed by atoms with Gasteiger partial charge in [0.2, 0.25) is 0 Å². The lowest BCUT2D eigenvalue weighted by atomic mass is 10.1. The van der Waals surface area contributed by atoms with Gasteiger partial charge in [0.05, 0.1) is 15.6 Å². The highest BCUT2D eigenvalue weighted by Gasteiger charge is 2.11. The molecule has 0 aromatic heterocycles. The topological polar surface area (TPSA) is 49.3 Å². The number of hydrogen-bond donors (Lipinski definition) is 2. The molecule has 0 aliphatic rings. The van der Waals surface area contributed by atoms with Gasteiger partial charge in [-0.1, -0.05) is 36.2 Å². The molecule has 0 radical (unpaired) electrons. The Bertz CT molecular complexity index is 410. The molecule has 1 aromatic carbocycles. The number of benzene rings is 1. The van der Waals surface area contributed by atoms with E-state index in [0.29, 0.717) is 17.1 Å². The Hall–Kier alpha value is -0.770. The summed E-state index contributed by atoms with van der Waals surface area (Å²) in [6.45, 7) is 2.70. The van der Waals surface area contributed by atoms with Crippen molar-refractivity contribution < 1.29 is 9.90 Å². The Morgan fingerprint density at radius 1 is 1.44 bits per heavy atom. The van der Waals surface area contributed by atoms with Crippen molar-refractivity contribution in [3.05, 3.63) is 33.8 Å². The van der Waals surface area contributed by atoms with Crippen LogP contribution in [0.1, 0.15) is 30.1 Å². The zero-order valence-electron chi connectivity index (χ0n) is 10.2. The Morgan fingerprint density at radius 2 is 2.17 bits per heavy atom. The second-order valence-corrected chi connectivity index (χ2v) is 5.07. The molecule has 0 fully saturated rings. The van der Waals surface area contributed by atoms with Gasteiger partial charge < -0.3 is 10.4 Å². The maximum Gasteiger partial charge on any atom is 0.252 e. The average molecular weight is 290 g/mol. The van der Waals surface area contributed by atoms with E-state index in [4.69, 9.17) is 28.3 Å². The number of nitrogens with one attached hydrogen (secondary N) is 1. The largest absolute Gasteiger partial charge is 0.396 e. The predicted molar refractivity (Wildman–Crippen MR) is 74.3 cm³/mol. The van der Waals surface area contributed by atoms with E-state index in [-0.39, 0.29) is 23.5 Å². The van der Waals surface area contributed by atoms with E-state index in [1.165, 1.54) is 0 Å². The standard InChI is InChI=1S/C13H17Cl2NO2/c1-9(8-17)4-3-7-16-13(18)10-5-2-6-11(14)12(10)15/h2,5-6,9,17H,3-4,7-8H2,1H3,(H,16,18). The first-order valence-corrected chi connectivity index (χ1v) is 6.65. The smallest absolute Gasteiger partial charge is 0.252 e. The minimum Gasteiger partial charge on any atom is -0.396 e. The van der Waals surface area contributed by atoms with Crippen molar-refractivity contribution in [1.29, 1.82) is 0 Å². The number of aliphatic hydroxyl groups is 1. The Balaban J connectivity index is 2.44. The molecule has 0 saturated carbocycles. The molecule has 18 heavy (non-hydrogen) atoms. The first kappa shape index (κ1) is 15.3. The molecule has 1 atom stereocenters. The summed E-state index contributed by atoms with van der Waals surface area (Å²) >= 11 is 11.8. The second kappa shape index (κ2) is 7.62. The number of carbonyl (C=O) groups is 1. The number of amides is 1. The fourth-order valence-corrected chi connectivity index (χ4v) is 1.90. The first-order valence-electron chi connectivity index (χ1n) is 5.89. The van der Waals surface area contributed by atoms with Gasteiger partial charge in [0.15, 0.2) is 0 Å². The summed E-state index contributed by atoms with van der Waals surface area (Å²) in [6.07, 6.45) is 1.70. The van der Waals surface area contributed by atoms with Crippen molar-refractivity contribution in [2.45, 2.75) is 19.8 Å². The molecule has 2 N–H and O–H groups in total. The number of aliphatic hydroxyl groups excluding tert-OH is 1. The van der Waals surface area contributed by atoms with Crippen LogP contribution in [0.4, 0.5) is 0 Å².